The van der Waals surface area contributed by atoms with Crippen molar-refractivity contribution in [1.82, 2.24) is 20.3 Å². The van der Waals surface area contributed by atoms with Gasteiger partial charge in [0, 0.05) is 12.7 Å². The molecule has 80 valence electrons. The van der Waals surface area contributed by atoms with Crippen LogP contribution in [-0.4, -0.2) is 33.3 Å². The lowest BCUT2D eigenvalue weighted by molar-refractivity contribution is 0.268. The Hall–Kier alpha value is -0.940. The third-order valence-corrected chi connectivity index (χ3v) is 1.93. The van der Waals surface area contributed by atoms with E-state index in [1.165, 1.54) is 12.8 Å². The fourth-order valence-corrected chi connectivity index (χ4v) is 1.15. The maximum absolute atomic E-state index is 8.67. The molecule has 5 nitrogen and oxygen atoms in total. The van der Waals surface area contributed by atoms with E-state index in [0.29, 0.717) is 6.54 Å². The molecule has 5 heteroatoms. The molecule has 0 atom stereocenters. The lowest BCUT2D eigenvalue weighted by atomic mass is 10.3. The molecule has 1 aromatic heterocycles. The van der Waals surface area contributed by atoms with Crippen LogP contribution in [0.15, 0.2) is 6.20 Å². The van der Waals surface area contributed by atoms with Crippen molar-refractivity contribution in [2.24, 2.45) is 0 Å². The summed E-state index contributed by atoms with van der Waals surface area (Å²) in [6.45, 7) is 4.56. The van der Waals surface area contributed by atoms with Crippen molar-refractivity contribution in [3.05, 3.63) is 11.9 Å². The van der Waals surface area contributed by atoms with Crippen LogP contribution in [0.2, 0.25) is 0 Å². The molecule has 0 saturated carbocycles. The lowest BCUT2D eigenvalue weighted by Gasteiger charge is -1.99. The Morgan fingerprint density at radius 1 is 1.57 bits per heavy atom. The van der Waals surface area contributed by atoms with Gasteiger partial charge >= 0.3 is 0 Å². The largest absolute Gasteiger partial charge is 0.394 e. The fraction of sp³-hybridized carbons (Fsp3) is 0.778. The van der Waals surface area contributed by atoms with Gasteiger partial charge in [-0.05, 0) is 13.0 Å². The molecule has 0 spiro atoms. The highest BCUT2D eigenvalue weighted by Crippen LogP contribution is 1.92. The molecule has 0 unspecified atom stereocenters. The van der Waals surface area contributed by atoms with Gasteiger partial charge in [-0.25, -0.2) is 4.68 Å². The number of hydrogen-bond donors (Lipinski definition) is 2. The van der Waals surface area contributed by atoms with E-state index in [1.807, 2.05) is 6.20 Å². The van der Waals surface area contributed by atoms with E-state index in [1.54, 1.807) is 4.68 Å². The first-order chi connectivity index (χ1) is 6.86. The Morgan fingerprint density at radius 2 is 2.43 bits per heavy atom. The van der Waals surface area contributed by atoms with Crippen molar-refractivity contribution in [2.75, 3.05) is 13.2 Å². The summed E-state index contributed by atoms with van der Waals surface area (Å²) in [4.78, 5) is 0. The average Bonchev–Trinajstić information content (AvgIpc) is 2.61. The quantitative estimate of drug-likeness (QED) is 0.613. The highest BCUT2D eigenvalue weighted by atomic mass is 16.3. The molecule has 0 radical (unpaired) electrons. The molecule has 0 aliphatic carbocycles. The highest BCUT2D eigenvalue weighted by Gasteiger charge is 1.98. The number of nitrogens with zero attached hydrogens (tertiary/aromatic N) is 3. The molecule has 0 bridgehead atoms. The second kappa shape index (κ2) is 6.50. The minimum Gasteiger partial charge on any atom is -0.394 e. The van der Waals surface area contributed by atoms with Crippen LogP contribution in [0.5, 0.6) is 0 Å². The first kappa shape index (κ1) is 11.1. The summed E-state index contributed by atoms with van der Waals surface area (Å²) in [5.74, 6) is 0. The van der Waals surface area contributed by atoms with Crippen molar-refractivity contribution in [3.8, 4) is 0 Å². The minimum absolute atomic E-state index is 0.103. The second-order valence-electron chi connectivity index (χ2n) is 3.23. The van der Waals surface area contributed by atoms with E-state index >= 15 is 0 Å². The normalized spacial score (nSPS) is 10.7. The highest BCUT2D eigenvalue weighted by molar-refractivity contribution is 4.91. The molecule has 1 aromatic rings. The molecule has 2 N–H and O–H groups in total. The average molecular weight is 198 g/mol. The monoisotopic (exact) mass is 198 g/mol. The first-order valence-corrected chi connectivity index (χ1v) is 5.07. The topological polar surface area (TPSA) is 63.0 Å². The second-order valence-corrected chi connectivity index (χ2v) is 3.23. The predicted molar refractivity (Wildman–Crippen MR) is 53.7 cm³/mol. The third-order valence-electron chi connectivity index (χ3n) is 1.93. The molecule has 0 saturated heterocycles. The molecule has 1 rings (SSSR count). The summed E-state index contributed by atoms with van der Waals surface area (Å²) >= 11 is 0. The summed E-state index contributed by atoms with van der Waals surface area (Å²) in [6.07, 6.45) is 4.24. The van der Waals surface area contributed by atoms with Crippen molar-refractivity contribution in [1.29, 1.82) is 0 Å². The van der Waals surface area contributed by atoms with Gasteiger partial charge < -0.3 is 10.4 Å². The zero-order valence-electron chi connectivity index (χ0n) is 8.61. The van der Waals surface area contributed by atoms with Crippen LogP contribution >= 0.6 is 0 Å². The lowest BCUT2D eigenvalue weighted by Crippen LogP contribution is -2.14. The molecular formula is C9H18N4O. The first-order valence-electron chi connectivity index (χ1n) is 5.07. The van der Waals surface area contributed by atoms with Crippen LogP contribution < -0.4 is 5.32 Å². The van der Waals surface area contributed by atoms with Crippen LogP contribution in [0.3, 0.4) is 0 Å². The minimum atomic E-state index is 0.103. The molecule has 0 amide bonds. The molecule has 0 aromatic carbocycles. The summed E-state index contributed by atoms with van der Waals surface area (Å²) in [6, 6.07) is 0. The summed E-state index contributed by atoms with van der Waals surface area (Å²) < 4.78 is 1.65. The van der Waals surface area contributed by atoms with E-state index in [0.717, 1.165) is 18.8 Å². The third kappa shape index (κ3) is 3.85. The molecule has 1 heterocycles. The van der Waals surface area contributed by atoms with Gasteiger partial charge in [-0.3, -0.25) is 0 Å². The number of aliphatic hydroxyl groups excluding tert-OH is 1. The van der Waals surface area contributed by atoms with Crippen molar-refractivity contribution < 1.29 is 5.11 Å². The van der Waals surface area contributed by atoms with Gasteiger partial charge in [0.1, 0.15) is 0 Å². The maximum atomic E-state index is 8.67. The smallest absolute Gasteiger partial charge is 0.0964 e. The zero-order valence-corrected chi connectivity index (χ0v) is 8.61. The summed E-state index contributed by atoms with van der Waals surface area (Å²) in [5, 5.41) is 19.8. The number of unbranched alkanes of at least 4 members (excludes halogenated alkanes) is 1. The van der Waals surface area contributed by atoms with Gasteiger partial charge in [0.2, 0.25) is 0 Å². The van der Waals surface area contributed by atoms with Crippen LogP contribution in [0.25, 0.3) is 0 Å². The SMILES string of the molecule is CCCCNCc1cn(CCO)nn1. The van der Waals surface area contributed by atoms with Crippen molar-refractivity contribution in [2.45, 2.75) is 32.9 Å². The maximum Gasteiger partial charge on any atom is 0.0964 e. The molecule has 0 aliphatic rings. The Labute approximate surface area is 84.1 Å². The van der Waals surface area contributed by atoms with Gasteiger partial charge in [0.25, 0.3) is 0 Å². The standard InChI is InChI=1S/C9H18N4O/c1-2-3-4-10-7-9-8-13(5-6-14)12-11-9/h8,10,14H,2-7H2,1H3. The number of aromatic nitrogens is 3. The zero-order chi connectivity index (χ0) is 10.2. The molecule has 0 fully saturated rings. The van der Waals surface area contributed by atoms with Gasteiger partial charge in [-0.2, -0.15) is 0 Å². The number of nitrogens with one attached hydrogen (secondary N) is 1. The van der Waals surface area contributed by atoms with E-state index in [-0.39, 0.29) is 6.61 Å². The van der Waals surface area contributed by atoms with Gasteiger partial charge in [0.15, 0.2) is 0 Å². The molecule has 14 heavy (non-hydrogen) atoms. The van der Waals surface area contributed by atoms with Crippen LogP contribution in [0.4, 0.5) is 0 Å². The predicted octanol–water partition coefficient (Wildman–Crippen LogP) is 0.160. The Kier molecular flexibility index (Phi) is 5.17. The molecular weight excluding hydrogens is 180 g/mol. The van der Waals surface area contributed by atoms with Gasteiger partial charge in [-0.15, -0.1) is 5.10 Å². The van der Waals surface area contributed by atoms with Crippen LogP contribution in [0, 0.1) is 0 Å². The van der Waals surface area contributed by atoms with Gasteiger partial charge in [-0.1, -0.05) is 18.6 Å². The Morgan fingerprint density at radius 3 is 3.14 bits per heavy atom. The van der Waals surface area contributed by atoms with Gasteiger partial charge in [0.05, 0.1) is 18.8 Å². The van der Waals surface area contributed by atoms with Crippen molar-refractivity contribution in [3.63, 3.8) is 0 Å². The van der Waals surface area contributed by atoms with Crippen LogP contribution in [-0.2, 0) is 13.1 Å². The summed E-state index contributed by atoms with van der Waals surface area (Å²) in [7, 11) is 0. The Balaban J connectivity index is 2.22. The van der Waals surface area contributed by atoms with E-state index in [9.17, 15) is 0 Å². The van der Waals surface area contributed by atoms with Crippen LogP contribution in [0.1, 0.15) is 25.5 Å². The summed E-state index contributed by atoms with van der Waals surface area (Å²) in [5.41, 5.74) is 0.926. The molecule has 0 aliphatic heterocycles. The fourth-order valence-electron chi connectivity index (χ4n) is 1.15. The van der Waals surface area contributed by atoms with E-state index in [4.69, 9.17) is 5.11 Å². The Bertz CT molecular complexity index is 249. The number of rotatable bonds is 7. The number of hydrogen-bond acceptors (Lipinski definition) is 4. The number of aliphatic hydroxyl groups is 1. The van der Waals surface area contributed by atoms with E-state index < -0.39 is 0 Å². The van der Waals surface area contributed by atoms with Crippen molar-refractivity contribution >= 4 is 0 Å². The van der Waals surface area contributed by atoms with E-state index in [2.05, 4.69) is 22.6 Å².